The van der Waals surface area contributed by atoms with Crippen molar-refractivity contribution < 1.29 is 19.7 Å². The minimum Gasteiger partial charge on any atom is -0.394 e. The lowest BCUT2D eigenvalue weighted by atomic mass is 10.2. The Bertz CT molecular complexity index is 858. The Morgan fingerprint density at radius 2 is 2.00 bits per heavy atom. The number of carbonyl (C=O) groups excluding carboxylic acids is 1. The van der Waals surface area contributed by atoms with Crippen LogP contribution in [-0.2, 0) is 4.74 Å². The van der Waals surface area contributed by atoms with Crippen molar-refractivity contribution in [1.29, 1.82) is 0 Å². The Hall–Kier alpha value is -1.97. The highest BCUT2D eigenvalue weighted by Crippen LogP contribution is 2.45. The van der Waals surface area contributed by atoms with Crippen LogP contribution in [-0.4, -0.2) is 48.8 Å². The molecule has 1 aromatic heterocycles. The fourth-order valence-electron chi connectivity index (χ4n) is 2.56. The van der Waals surface area contributed by atoms with Gasteiger partial charge in [0.05, 0.1) is 6.61 Å². The molecule has 138 valence electrons. The number of alkyl halides is 2. The first-order chi connectivity index (χ1) is 12.3. The van der Waals surface area contributed by atoms with Gasteiger partial charge in [-0.2, -0.15) is 4.98 Å². The van der Waals surface area contributed by atoms with Crippen molar-refractivity contribution in [2.24, 2.45) is 0 Å². The lowest BCUT2D eigenvalue weighted by Gasteiger charge is -2.24. The van der Waals surface area contributed by atoms with E-state index < -0.39 is 41.0 Å². The van der Waals surface area contributed by atoms with E-state index >= 15 is 0 Å². The molecule has 3 N–H and O–H groups in total. The number of hydrogen-bond acceptors (Lipinski definition) is 6. The molecule has 0 radical (unpaired) electrons. The van der Waals surface area contributed by atoms with Gasteiger partial charge in [0.2, 0.25) is 0 Å². The zero-order chi connectivity index (χ0) is 18.9. The Morgan fingerprint density at radius 3 is 2.58 bits per heavy atom. The molecule has 3 atom stereocenters. The SMILES string of the molecule is O=C(Nc1ccn([C@H]2O[C@H](CO)C(O)C2(Cl)Cl)c(=O)n1)c1ccccc1. The monoisotopic (exact) mass is 399 g/mol. The number of hydrogen-bond donors (Lipinski definition) is 3. The van der Waals surface area contributed by atoms with Crippen molar-refractivity contribution in [2.75, 3.05) is 11.9 Å². The molecule has 0 aliphatic carbocycles. The van der Waals surface area contributed by atoms with E-state index in [1.807, 2.05) is 0 Å². The van der Waals surface area contributed by atoms with E-state index in [1.54, 1.807) is 30.3 Å². The maximum Gasteiger partial charge on any atom is 0.351 e. The highest BCUT2D eigenvalue weighted by molar-refractivity contribution is 6.49. The minimum atomic E-state index is -1.85. The number of amides is 1. The van der Waals surface area contributed by atoms with Crippen molar-refractivity contribution in [1.82, 2.24) is 9.55 Å². The standard InChI is InChI=1S/C16H15Cl2N3O5/c17-16(18)12(23)10(8-22)26-14(16)21-7-6-11(20-15(21)25)19-13(24)9-4-2-1-3-5-9/h1-7,10,12,14,22-23H,8H2,(H,19,20,24,25)/t10-,12?,14+/m1/s1. The zero-order valence-corrected chi connectivity index (χ0v) is 14.8. The zero-order valence-electron chi connectivity index (χ0n) is 13.3. The van der Waals surface area contributed by atoms with Gasteiger partial charge >= 0.3 is 5.69 Å². The first kappa shape index (κ1) is 18.8. The summed E-state index contributed by atoms with van der Waals surface area (Å²) in [5.74, 6) is -0.390. The second-order valence-electron chi connectivity index (χ2n) is 5.65. The van der Waals surface area contributed by atoms with Crippen LogP contribution in [0.1, 0.15) is 16.6 Å². The quantitative estimate of drug-likeness (QED) is 0.658. The number of benzene rings is 1. The minimum absolute atomic E-state index is 0.0344. The summed E-state index contributed by atoms with van der Waals surface area (Å²) in [6, 6.07) is 9.80. The number of aromatic nitrogens is 2. The summed E-state index contributed by atoms with van der Waals surface area (Å²) < 4.78 is 4.50. The molecule has 2 aromatic rings. The van der Waals surface area contributed by atoms with Crippen LogP contribution < -0.4 is 11.0 Å². The average molecular weight is 400 g/mol. The van der Waals surface area contributed by atoms with E-state index in [-0.39, 0.29) is 5.82 Å². The van der Waals surface area contributed by atoms with E-state index in [0.29, 0.717) is 5.56 Å². The predicted molar refractivity (Wildman–Crippen MR) is 94.3 cm³/mol. The van der Waals surface area contributed by atoms with Crippen LogP contribution in [0.25, 0.3) is 0 Å². The number of halogens is 2. The highest BCUT2D eigenvalue weighted by Gasteiger charge is 2.55. The topological polar surface area (TPSA) is 114 Å². The van der Waals surface area contributed by atoms with Crippen LogP contribution in [0, 0.1) is 0 Å². The fourth-order valence-corrected chi connectivity index (χ4v) is 3.15. The van der Waals surface area contributed by atoms with Gasteiger partial charge in [-0.1, -0.05) is 41.4 Å². The fraction of sp³-hybridized carbons (Fsp3) is 0.312. The molecule has 8 nitrogen and oxygen atoms in total. The van der Waals surface area contributed by atoms with Crippen molar-refractivity contribution in [3.63, 3.8) is 0 Å². The summed E-state index contributed by atoms with van der Waals surface area (Å²) >= 11 is 12.2. The van der Waals surface area contributed by atoms with Crippen molar-refractivity contribution >= 4 is 34.9 Å². The van der Waals surface area contributed by atoms with Crippen molar-refractivity contribution in [2.45, 2.75) is 22.8 Å². The van der Waals surface area contributed by atoms with Gasteiger partial charge in [-0.3, -0.25) is 9.36 Å². The molecule has 10 heteroatoms. The molecule has 1 aromatic carbocycles. The van der Waals surface area contributed by atoms with Crippen LogP contribution in [0.3, 0.4) is 0 Å². The van der Waals surface area contributed by atoms with Crippen molar-refractivity contribution in [3.05, 3.63) is 58.6 Å². The molecule has 26 heavy (non-hydrogen) atoms. The third-order valence-electron chi connectivity index (χ3n) is 3.92. The first-order valence-electron chi connectivity index (χ1n) is 7.62. The van der Waals surface area contributed by atoms with Gasteiger partial charge in [-0.15, -0.1) is 0 Å². The summed E-state index contributed by atoms with van der Waals surface area (Å²) in [6.45, 7) is -0.522. The van der Waals surface area contributed by atoms with E-state index in [4.69, 9.17) is 27.9 Å². The van der Waals surface area contributed by atoms with E-state index in [9.17, 15) is 19.8 Å². The maximum absolute atomic E-state index is 12.3. The molecule has 1 aliphatic rings. The van der Waals surface area contributed by atoms with Crippen LogP contribution in [0.15, 0.2) is 47.4 Å². The summed E-state index contributed by atoms with van der Waals surface area (Å²) in [7, 11) is 0. The van der Waals surface area contributed by atoms with E-state index in [0.717, 1.165) is 4.57 Å². The average Bonchev–Trinajstić information content (AvgIpc) is 2.85. The second-order valence-corrected chi connectivity index (χ2v) is 7.10. The van der Waals surface area contributed by atoms with Crippen LogP contribution in [0.5, 0.6) is 0 Å². The molecular formula is C16H15Cl2N3O5. The van der Waals surface area contributed by atoms with Gasteiger partial charge in [0, 0.05) is 11.8 Å². The van der Waals surface area contributed by atoms with Gasteiger partial charge in [0.1, 0.15) is 18.0 Å². The molecule has 1 unspecified atom stereocenters. The summed E-state index contributed by atoms with van der Waals surface area (Å²) in [6.07, 6.45) is -2.41. The summed E-state index contributed by atoms with van der Waals surface area (Å²) in [5.41, 5.74) is -0.385. The van der Waals surface area contributed by atoms with E-state index in [2.05, 4.69) is 10.3 Å². The number of ether oxygens (including phenoxy) is 1. The Kier molecular flexibility index (Phi) is 5.31. The number of anilines is 1. The van der Waals surface area contributed by atoms with Gasteiger partial charge in [0.15, 0.2) is 10.6 Å². The van der Waals surface area contributed by atoms with E-state index in [1.165, 1.54) is 12.3 Å². The lowest BCUT2D eigenvalue weighted by molar-refractivity contribution is -0.0461. The van der Waals surface area contributed by atoms with Gasteiger partial charge in [0.25, 0.3) is 5.91 Å². The molecule has 0 bridgehead atoms. The predicted octanol–water partition coefficient (Wildman–Crippen LogP) is 0.920. The van der Waals surface area contributed by atoms with Crippen LogP contribution >= 0.6 is 23.2 Å². The number of aliphatic hydroxyl groups is 2. The highest BCUT2D eigenvalue weighted by atomic mass is 35.5. The number of rotatable bonds is 4. The Morgan fingerprint density at radius 1 is 1.31 bits per heavy atom. The number of carbonyl (C=O) groups is 1. The summed E-state index contributed by atoms with van der Waals surface area (Å²) in [5, 5.41) is 21.7. The molecule has 0 spiro atoms. The molecule has 1 saturated heterocycles. The largest absolute Gasteiger partial charge is 0.394 e. The molecule has 1 aliphatic heterocycles. The normalized spacial score (nSPS) is 24.4. The molecular weight excluding hydrogens is 385 g/mol. The second kappa shape index (κ2) is 7.34. The Labute approximate surface area is 158 Å². The molecule has 3 rings (SSSR count). The maximum atomic E-state index is 12.3. The molecule has 0 saturated carbocycles. The lowest BCUT2D eigenvalue weighted by Crippen LogP contribution is -2.40. The van der Waals surface area contributed by atoms with Gasteiger partial charge in [-0.25, -0.2) is 4.79 Å². The van der Waals surface area contributed by atoms with Crippen molar-refractivity contribution in [3.8, 4) is 0 Å². The Balaban J connectivity index is 1.82. The third-order valence-corrected chi connectivity index (χ3v) is 4.74. The number of nitrogens with zero attached hydrogens (tertiary/aromatic N) is 2. The smallest absolute Gasteiger partial charge is 0.351 e. The molecule has 1 amide bonds. The number of aliphatic hydroxyl groups excluding tert-OH is 2. The van der Waals surface area contributed by atoms with Gasteiger partial charge in [-0.05, 0) is 18.2 Å². The first-order valence-corrected chi connectivity index (χ1v) is 8.38. The van der Waals surface area contributed by atoms with Gasteiger partial charge < -0.3 is 20.3 Å². The third kappa shape index (κ3) is 3.46. The van der Waals surface area contributed by atoms with Crippen LogP contribution in [0.2, 0.25) is 0 Å². The van der Waals surface area contributed by atoms with Crippen LogP contribution in [0.4, 0.5) is 5.82 Å². The summed E-state index contributed by atoms with van der Waals surface area (Å²) in [4.78, 5) is 28.2. The molecule has 2 heterocycles. The molecule has 1 fully saturated rings. The number of nitrogens with one attached hydrogen (secondary N) is 1.